The Morgan fingerprint density at radius 2 is 2.08 bits per heavy atom. The minimum atomic E-state index is -0.0120. The Kier molecular flexibility index (Phi) is 4.56. The van der Waals surface area contributed by atoms with Crippen LogP contribution in [-0.4, -0.2) is 38.5 Å². The third kappa shape index (κ3) is 3.03. The van der Waals surface area contributed by atoms with Gasteiger partial charge in [-0.15, -0.1) is 0 Å². The van der Waals surface area contributed by atoms with Crippen LogP contribution >= 0.6 is 0 Å². The van der Waals surface area contributed by atoms with Crippen molar-refractivity contribution in [1.29, 1.82) is 0 Å². The average Bonchev–Trinajstić information content (AvgIpc) is 3.16. The molecule has 26 heavy (non-hydrogen) atoms. The monoisotopic (exact) mass is 350 g/mol. The maximum absolute atomic E-state index is 12.9. The number of benzene rings is 1. The fourth-order valence-electron chi connectivity index (χ4n) is 3.65. The van der Waals surface area contributed by atoms with Crippen molar-refractivity contribution >= 4 is 16.8 Å². The molecular formula is C20H22N4O2. The number of para-hydroxylation sites is 1. The second kappa shape index (κ2) is 7.15. The van der Waals surface area contributed by atoms with E-state index in [1.54, 1.807) is 0 Å². The number of amides is 1. The topological polar surface area (TPSA) is 60.2 Å². The molecule has 0 aliphatic carbocycles. The Morgan fingerprint density at radius 3 is 2.96 bits per heavy atom. The second-order valence-electron chi connectivity index (χ2n) is 6.50. The van der Waals surface area contributed by atoms with Crippen LogP contribution in [0.1, 0.15) is 31.5 Å². The molecule has 6 nitrogen and oxygen atoms in total. The van der Waals surface area contributed by atoms with E-state index in [-0.39, 0.29) is 18.6 Å². The van der Waals surface area contributed by atoms with E-state index >= 15 is 0 Å². The first kappa shape index (κ1) is 16.6. The summed E-state index contributed by atoms with van der Waals surface area (Å²) in [5, 5.41) is 0.820. The van der Waals surface area contributed by atoms with E-state index in [9.17, 15) is 4.79 Å². The maximum atomic E-state index is 12.9. The molecule has 0 radical (unpaired) electrons. The van der Waals surface area contributed by atoms with Gasteiger partial charge in [0.05, 0.1) is 16.9 Å². The van der Waals surface area contributed by atoms with Crippen molar-refractivity contribution in [2.75, 3.05) is 13.2 Å². The molecule has 0 N–H and O–H groups in total. The summed E-state index contributed by atoms with van der Waals surface area (Å²) < 4.78 is 8.02. The van der Waals surface area contributed by atoms with E-state index in [4.69, 9.17) is 4.74 Å². The number of carbonyl (C=O) groups excluding carboxylic acids is 1. The summed E-state index contributed by atoms with van der Waals surface area (Å²) in [6, 6.07) is 11.9. The standard InChI is InChI=1S/C20H22N4O2/c1-2-6-18-17-9-5-10-23(17)11-12-24(18)19(25)13-26-20-15-7-3-4-8-16(15)21-14-22-20/h3-5,7-10,14,18H,2,6,11-13H2,1H3. The average molecular weight is 350 g/mol. The summed E-state index contributed by atoms with van der Waals surface area (Å²) in [7, 11) is 0. The van der Waals surface area contributed by atoms with Crippen LogP contribution in [0.3, 0.4) is 0 Å². The zero-order valence-electron chi connectivity index (χ0n) is 14.8. The number of rotatable bonds is 5. The van der Waals surface area contributed by atoms with E-state index in [2.05, 4.69) is 39.8 Å². The van der Waals surface area contributed by atoms with Crippen LogP contribution in [0.5, 0.6) is 5.88 Å². The Labute approximate surface area is 152 Å². The zero-order valence-corrected chi connectivity index (χ0v) is 14.8. The van der Waals surface area contributed by atoms with Crippen LogP contribution in [-0.2, 0) is 11.3 Å². The Balaban J connectivity index is 1.51. The molecule has 2 aromatic heterocycles. The smallest absolute Gasteiger partial charge is 0.261 e. The SMILES string of the molecule is CCCC1c2cccn2CCN1C(=O)COc1ncnc2ccccc12. The lowest BCUT2D eigenvalue weighted by molar-refractivity contribution is -0.137. The molecule has 6 heteroatoms. The van der Waals surface area contributed by atoms with Gasteiger partial charge >= 0.3 is 0 Å². The number of carbonyl (C=O) groups is 1. The van der Waals surface area contributed by atoms with Gasteiger partial charge in [-0.25, -0.2) is 9.97 Å². The molecule has 134 valence electrons. The summed E-state index contributed by atoms with van der Waals surface area (Å²) in [6.45, 7) is 3.67. The van der Waals surface area contributed by atoms with Gasteiger partial charge in [0.25, 0.3) is 5.91 Å². The van der Waals surface area contributed by atoms with E-state index in [0.29, 0.717) is 12.4 Å². The molecule has 1 unspecified atom stereocenters. The Morgan fingerprint density at radius 1 is 1.19 bits per heavy atom. The number of fused-ring (bicyclic) bond motifs is 2. The lowest BCUT2D eigenvalue weighted by Crippen LogP contribution is -2.44. The molecule has 0 saturated heterocycles. The van der Waals surface area contributed by atoms with Crippen LogP contribution < -0.4 is 4.74 Å². The zero-order chi connectivity index (χ0) is 17.9. The Bertz CT molecular complexity index is 916. The first-order valence-electron chi connectivity index (χ1n) is 9.05. The van der Waals surface area contributed by atoms with Crippen molar-refractivity contribution in [1.82, 2.24) is 19.4 Å². The molecule has 0 bridgehead atoms. The predicted molar refractivity (Wildman–Crippen MR) is 98.8 cm³/mol. The highest BCUT2D eigenvalue weighted by Gasteiger charge is 2.30. The van der Waals surface area contributed by atoms with Gasteiger partial charge in [-0.2, -0.15) is 0 Å². The molecular weight excluding hydrogens is 328 g/mol. The molecule has 1 aliphatic rings. The highest BCUT2D eigenvalue weighted by Crippen LogP contribution is 2.30. The highest BCUT2D eigenvalue weighted by atomic mass is 16.5. The number of hydrogen-bond acceptors (Lipinski definition) is 4. The van der Waals surface area contributed by atoms with Gasteiger partial charge < -0.3 is 14.2 Å². The van der Waals surface area contributed by atoms with Crippen molar-refractivity contribution < 1.29 is 9.53 Å². The van der Waals surface area contributed by atoms with Gasteiger partial charge in [0, 0.05) is 25.0 Å². The minimum Gasteiger partial charge on any atom is -0.467 e. The minimum absolute atomic E-state index is 0.00130. The molecule has 0 fully saturated rings. The van der Waals surface area contributed by atoms with E-state index in [0.717, 1.165) is 30.3 Å². The molecule has 0 spiro atoms. The van der Waals surface area contributed by atoms with Crippen LogP contribution in [0.15, 0.2) is 48.9 Å². The molecule has 1 aliphatic heterocycles. The summed E-state index contributed by atoms with van der Waals surface area (Å²) in [4.78, 5) is 23.2. The quantitative estimate of drug-likeness (QED) is 0.709. The molecule has 1 aromatic carbocycles. The summed E-state index contributed by atoms with van der Waals surface area (Å²) in [5.74, 6) is 0.454. The van der Waals surface area contributed by atoms with Crippen molar-refractivity contribution in [2.45, 2.75) is 32.4 Å². The van der Waals surface area contributed by atoms with E-state index in [1.165, 1.54) is 12.0 Å². The molecule has 3 heterocycles. The van der Waals surface area contributed by atoms with Gasteiger partial charge in [-0.3, -0.25) is 4.79 Å². The van der Waals surface area contributed by atoms with Gasteiger partial charge in [-0.1, -0.05) is 25.5 Å². The second-order valence-corrected chi connectivity index (χ2v) is 6.50. The fourth-order valence-corrected chi connectivity index (χ4v) is 3.65. The fraction of sp³-hybridized carbons (Fsp3) is 0.350. The summed E-state index contributed by atoms with van der Waals surface area (Å²) in [5.41, 5.74) is 2.02. The number of hydrogen-bond donors (Lipinski definition) is 0. The molecule has 0 saturated carbocycles. The number of nitrogens with zero attached hydrogens (tertiary/aromatic N) is 4. The number of aromatic nitrogens is 3. The maximum Gasteiger partial charge on any atom is 0.261 e. The number of ether oxygens (including phenoxy) is 1. The Hall–Kier alpha value is -2.89. The third-order valence-electron chi connectivity index (χ3n) is 4.89. The van der Waals surface area contributed by atoms with Crippen molar-refractivity contribution in [2.24, 2.45) is 0 Å². The summed E-state index contributed by atoms with van der Waals surface area (Å²) >= 11 is 0. The molecule has 1 atom stereocenters. The first-order chi connectivity index (χ1) is 12.8. The van der Waals surface area contributed by atoms with Gasteiger partial charge in [-0.05, 0) is 30.7 Å². The van der Waals surface area contributed by atoms with Crippen molar-refractivity contribution in [3.63, 3.8) is 0 Å². The first-order valence-corrected chi connectivity index (χ1v) is 9.05. The highest BCUT2D eigenvalue weighted by molar-refractivity contribution is 5.84. The van der Waals surface area contributed by atoms with Crippen molar-refractivity contribution in [3.05, 3.63) is 54.6 Å². The lowest BCUT2D eigenvalue weighted by atomic mass is 10.0. The lowest BCUT2D eigenvalue weighted by Gasteiger charge is -2.37. The van der Waals surface area contributed by atoms with E-state index in [1.807, 2.05) is 29.2 Å². The van der Waals surface area contributed by atoms with Crippen LogP contribution in [0.4, 0.5) is 0 Å². The van der Waals surface area contributed by atoms with Gasteiger partial charge in [0.2, 0.25) is 5.88 Å². The third-order valence-corrected chi connectivity index (χ3v) is 4.89. The van der Waals surface area contributed by atoms with Crippen LogP contribution in [0.2, 0.25) is 0 Å². The van der Waals surface area contributed by atoms with Crippen molar-refractivity contribution in [3.8, 4) is 5.88 Å². The van der Waals surface area contributed by atoms with Crippen LogP contribution in [0, 0.1) is 0 Å². The molecule has 3 aromatic rings. The largest absolute Gasteiger partial charge is 0.467 e. The molecule has 1 amide bonds. The summed E-state index contributed by atoms with van der Waals surface area (Å²) in [6.07, 6.45) is 5.53. The van der Waals surface area contributed by atoms with Gasteiger partial charge in [0.15, 0.2) is 6.61 Å². The normalized spacial score (nSPS) is 16.5. The van der Waals surface area contributed by atoms with Gasteiger partial charge in [0.1, 0.15) is 6.33 Å². The van der Waals surface area contributed by atoms with Crippen LogP contribution in [0.25, 0.3) is 10.9 Å². The molecule has 4 rings (SSSR count). The van der Waals surface area contributed by atoms with E-state index < -0.39 is 0 Å². The predicted octanol–water partition coefficient (Wildman–Crippen LogP) is 3.19.